The van der Waals surface area contributed by atoms with Crippen molar-refractivity contribution in [3.63, 3.8) is 0 Å². The van der Waals surface area contributed by atoms with E-state index >= 15 is 0 Å². The topological polar surface area (TPSA) is 41.1 Å². The van der Waals surface area contributed by atoms with Crippen molar-refractivity contribution in [3.05, 3.63) is 29.8 Å². The van der Waals surface area contributed by atoms with Crippen LogP contribution in [0.5, 0.6) is 0 Å². The lowest BCUT2D eigenvalue weighted by atomic mass is 9.85. The van der Waals surface area contributed by atoms with E-state index in [1.54, 1.807) is 0 Å². The minimum Gasteiger partial charge on any atom is -0.326 e. The molecule has 0 radical (unpaired) electrons. The van der Waals surface area contributed by atoms with Gasteiger partial charge in [0, 0.05) is 11.6 Å². The van der Waals surface area contributed by atoms with Crippen molar-refractivity contribution in [3.8, 4) is 0 Å². The number of aryl methyl sites for hydroxylation is 1. The highest BCUT2D eigenvalue weighted by molar-refractivity contribution is 5.94. The Labute approximate surface area is 114 Å². The normalized spacial score (nSPS) is 24.4. The van der Waals surface area contributed by atoms with Crippen molar-refractivity contribution < 1.29 is 4.79 Å². The Kier molecular flexibility index (Phi) is 3.83. The van der Waals surface area contributed by atoms with Gasteiger partial charge in [0.25, 0.3) is 0 Å². The fourth-order valence-corrected chi connectivity index (χ4v) is 3.30. The first-order valence-electron chi connectivity index (χ1n) is 7.42. The van der Waals surface area contributed by atoms with E-state index in [2.05, 4.69) is 22.8 Å². The summed E-state index contributed by atoms with van der Waals surface area (Å²) >= 11 is 0. The van der Waals surface area contributed by atoms with Crippen LogP contribution in [0.15, 0.2) is 24.3 Å². The Balaban J connectivity index is 1.66. The third kappa shape index (κ3) is 2.98. The van der Waals surface area contributed by atoms with Crippen LogP contribution < -0.4 is 10.6 Å². The molecule has 1 fully saturated rings. The molecule has 0 saturated carbocycles. The number of amides is 1. The quantitative estimate of drug-likeness (QED) is 0.856. The Morgan fingerprint density at radius 3 is 2.74 bits per heavy atom. The summed E-state index contributed by atoms with van der Waals surface area (Å²) in [4.78, 5) is 12.3. The van der Waals surface area contributed by atoms with Gasteiger partial charge in [0.05, 0.1) is 0 Å². The molecule has 2 aliphatic heterocycles. The summed E-state index contributed by atoms with van der Waals surface area (Å²) in [6.07, 6.45) is 5.51. The van der Waals surface area contributed by atoms with Gasteiger partial charge in [-0.05, 0) is 62.7 Å². The number of benzene rings is 1. The van der Waals surface area contributed by atoms with E-state index in [9.17, 15) is 4.79 Å². The molecule has 1 amide bonds. The van der Waals surface area contributed by atoms with Crippen molar-refractivity contribution in [2.75, 3.05) is 18.4 Å². The zero-order chi connectivity index (χ0) is 13.1. The zero-order valence-electron chi connectivity index (χ0n) is 11.3. The van der Waals surface area contributed by atoms with Gasteiger partial charge < -0.3 is 10.6 Å². The fourth-order valence-electron chi connectivity index (χ4n) is 3.30. The van der Waals surface area contributed by atoms with Crippen molar-refractivity contribution in [2.24, 2.45) is 11.8 Å². The Morgan fingerprint density at radius 2 is 1.89 bits per heavy atom. The summed E-state index contributed by atoms with van der Waals surface area (Å²) < 4.78 is 0. The molecular weight excluding hydrogens is 236 g/mol. The van der Waals surface area contributed by atoms with Crippen LogP contribution >= 0.6 is 0 Å². The molecule has 0 spiro atoms. The number of anilines is 1. The van der Waals surface area contributed by atoms with Crippen LogP contribution in [-0.4, -0.2) is 19.0 Å². The molecule has 1 unspecified atom stereocenters. The van der Waals surface area contributed by atoms with Gasteiger partial charge in [-0.25, -0.2) is 0 Å². The number of para-hydroxylation sites is 1. The summed E-state index contributed by atoms with van der Waals surface area (Å²) in [5.41, 5.74) is 2.30. The highest BCUT2D eigenvalue weighted by Gasteiger charge is 2.26. The predicted molar refractivity (Wildman–Crippen MR) is 77.1 cm³/mol. The van der Waals surface area contributed by atoms with Crippen molar-refractivity contribution in [1.82, 2.24) is 5.32 Å². The summed E-state index contributed by atoms with van der Waals surface area (Å²) in [7, 11) is 0. The zero-order valence-corrected chi connectivity index (χ0v) is 11.3. The van der Waals surface area contributed by atoms with Crippen LogP contribution in [0.25, 0.3) is 0 Å². The molecule has 102 valence electrons. The van der Waals surface area contributed by atoms with Crippen LogP contribution in [-0.2, 0) is 11.2 Å². The molecule has 2 N–H and O–H groups in total. The minimum absolute atomic E-state index is 0.190. The standard InChI is InChI=1S/C16H22N2O/c19-16-14(11-12-7-9-17-10-8-12)6-5-13-3-1-2-4-15(13)18-16/h1-4,12,14,17H,5-11H2,(H,18,19). The maximum atomic E-state index is 12.3. The fraction of sp³-hybridized carbons (Fsp3) is 0.562. The molecule has 3 rings (SSSR count). The van der Waals surface area contributed by atoms with Crippen LogP contribution in [0, 0.1) is 11.8 Å². The van der Waals surface area contributed by atoms with Crippen LogP contribution in [0.2, 0.25) is 0 Å². The molecule has 1 aromatic carbocycles. The predicted octanol–water partition coefficient (Wildman–Crippen LogP) is 2.58. The summed E-state index contributed by atoms with van der Waals surface area (Å²) in [6.45, 7) is 2.22. The maximum Gasteiger partial charge on any atom is 0.227 e. The second-order valence-corrected chi connectivity index (χ2v) is 5.81. The average Bonchev–Trinajstić information content (AvgIpc) is 2.60. The second kappa shape index (κ2) is 5.74. The molecule has 1 saturated heterocycles. The number of nitrogens with one attached hydrogen (secondary N) is 2. The molecule has 3 heteroatoms. The summed E-state index contributed by atoms with van der Waals surface area (Å²) in [6, 6.07) is 8.19. The Hall–Kier alpha value is -1.35. The van der Waals surface area contributed by atoms with E-state index in [-0.39, 0.29) is 11.8 Å². The smallest absolute Gasteiger partial charge is 0.227 e. The SMILES string of the molecule is O=C1Nc2ccccc2CCC1CC1CCNCC1. The van der Waals surface area contributed by atoms with Gasteiger partial charge >= 0.3 is 0 Å². The lowest BCUT2D eigenvalue weighted by molar-refractivity contribution is -0.120. The third-order valence-electron chi connectivity index (χ3n) is 4.48. The highest BCUT2D eigenvalue weighted by Crippen LogP contribution is 2.29. The number of fused-ring (bicyclic) bond motifs is 1. The molecule has 19 heavy (non-hydrogen) atoms. The molecule has 0 bridgehead atoms. The van der Waals surface area contributed by atoms with E-state index in [4.69, 9.17) is 0 Å². The maximum absolute atomic E-state index is 12.3. The van der Waals surface area contributed by atoms with Crippen molar-refractivity contribution >= 4 is 11.6 Å². The highest BCUT2D eigenvalue weighted by atomic mass is 16.1. The minimum atomic E-state index is 0.190. The van der Waals surface area contributed by atoms with Crippen molar-refractivity contribution in [2.45, 2.75) is 32.1 Å². The molecule has 2 aliphatic rings. The first-order valence-corrected chi connectivity index (χ1v) is 7.42. The molecule has 0 aromatic heterocycles. The summed E-state index contributed by atoms with van der Waals surface area (Å²) in [5, 5.41) is 6.50. The number of hydrogen-bond acceptors (Lipinski definition) is 2. The molecule has 1 aromatic rings. The van der Waals surface area contributed by atoms with E-state index in [0.29, 0.717) is 0 Å². The molecule has 3 nitrogen and oxygen atoms in total. The second-order valence-electron chi connectivity index (χ2n) is 5.81. The third-order valence-corrected chi connectivity index (χ3v) is 4.48. The van der Waals surface area contributed by atoms with Gasteiger partial charge in [-0.15, -0.1) is 0 Å². The molecule has 2 heterocycles. The van der Waals surface area contributed by atoms with Gasteiger partial charge in [-0.2, -0.15) is 0 Å². The first-order chi connectivity index (χ1) is 9.33. The molecular formula is C16H22N2O. The number of piperidine rings is 1. The van der Waals surface area contributed by atoms with E-state index in [1.165, 1.54) is 18.4 Å². The first kappa shape index (κ1) is 12.7. The lowest BCUT2D eigenvalue weighted by Crippen LogP contribution is -2.31. The lowest BCUT2D eigenvalue weighted by Gasteiger charge is -2.25. The van der Waals surface area contributed by atoms with Gasteiger partial charge in [0.15, 0.2) is 0 Å². The number of carbonyl (C=O) groups excluding carboxylic acids is 1. The van der Waals surface area contributed by atoms with Crippen LogP contribution in [0.3, 0.4) is 0 Å². The average molecular weight is 258 g/mol. The number of hydrogen-bond donors (Lipinski definition) is 2. The van der Waals surface area contributed by atoms with Crippen LogP contribution in [0.4, 0.5) is 5.69 Å². The number of rotatable bonds is 2. The molecule has 0 aliphatic carbocycles. The van der Waals surface area contributed by atoms with E-state index < -0.39 is 0 Å². The van der Waals surface area contributed by atoms with Gasteiger partial charge in [0.2, 0.25) is 5.91 Å². The Morgan fingerprint density at radius 1 is 1.11 bits per heavy atom. The molecule has 1 atom stereocenters. The van der Waals surface area contributed by atoms with Gasteiger partial charge in [-0.1, -0.05) is 18.2 Å². The van der Waals surface area contributed by atoms with Gasteiger partial charge in [-0.3, -0.25) is 4.79 Å². The summed E-state index contributed by atoms with van der Waals surface area (Å²) in [5.74, 6) is 1.14. The monoisotopic (exact) mass is 258 g/mol. The van der Waals surface area contributed by atoms with E-state index in [1.807, 2.05) is 12.1 Å². The Bertz CT molecular complexity index is 452. The number of carbonyl (C=O) groups is 1. The van der Waals surface area contributed by atoms with Crippen molar-refractivity contribution in [1.29, 1.82) is 0 Å². The van der Waals surface area contributed by atoms with Gasteiger partial charge in [0.1, 0.15) is 0 Å². The largest absolute Gasteiger partial charge is 0.326 e. The van der Waals surface area contributed by atoms with Crippen LogP contribution in [0.1, 0.15) is 31.2 Å². The van der Waals surface area contributed by atoms with E-state index in [0.717, 1.165) is 44.0 Å².